The van der Waals surface area contributed by atoms with Crippen molar-refractivity contribution in [2.75, 3.05) is 11.9 Å². The van der Waals surface area contributed by atoms with E-state index >= 15 is 0 Å². The van der Waals surface area contributed by atoms with Gasteiger partial charge in [-0.1, -0.05) is 17.7 Å². The van der Waals surface area contributed by atoms with Crippen LogP contribution in [0.15, 0.2) is 30.7 Å². The molecule has 171 valence electrons. The number of fused-ring (bicyclic) bond motifs is 1. The lowest BCUT2D eigenvalue weighted by Gasteiger charge is -2.25. The number of halogens is 1. The minimum atomic E-state index is -0.452. The number of nitrogens with one attached hydrogen (secondary N) is 1. The number of rotatable bonds is 5. The standard InChI is InChI=1S/C24H24ClN4O3S/c1-12-7-15(8-18(12)30)28-24-17(10-26-11-27-24)22(31)19-9-16(13(2)33-19)23-21-14(5-6-32-23)3-4-20(25)29-21/h3-4,9-12,15,18,23,30H,1,5-8H2,2H3,(H,26,27,28)/t12-,15-,18+,23+/m1/s1. The third-order valence-corrected chi connectivity index (χ3v) is 7.58. The molecule has 1 aliphatic heterocycles. The Morgan fingerprint density at radius 1 is 1.36 bits per heavy atom. The highest BCUT2D eigenvalue weighted by Crippen LogP contribution is 2.38. The summed E-state index contributed by atoms with van der Waals surface area (Å²) in [4.78, 5) is 27.9. The van der Waals surface area contributed by atoms with Crippen molar-refractivity contribution >= 4 is 34.5 Å². The van der Waals surface area contributed by atoms with Gasteiger partial charge in [0.1, 0.15) is 23.4 Å². The summed E-state index contributed by atoms with van der Waals surface area (Å²) >= 11 is 7.57. The van der Waals surface area contributed by atoms with E-state index in [1.807, 2.05) is 19.1 Å². The molecule has 1 aliphatic carbocycles. The lowest BCUT2D eigenvalue weighted by Crippen LogP contribution is -2.20. The Kier molecular flexibility index (Phi) is 6.18. The number of hydrogen-bond acceptors (Lipinski definition) is 8. The van der Waals surface area contributed by atoms with Crippen LogP contribution in [0.2, 0.25) is 5.15 Å². The molecule has 2 N–H and O–H groups in total. The summed E-state index contributed by atoms with van der Waals surface area (Å²) in [6.45, 7) is 6.54. The number of aliphatic hydroxyl groups excluding tert-OH is 1. The minimum absolute atomic E-state index is 0.00699. The molecular weight excluding hydrogens is 460 g/mol. The van der Waals surface area contributed by atoms with Crippen molar-refractivity contribution in [3.05, 3.63) is 74.9 Å². The topological polar surface area (TPSA) is 97.2 Å². The van der Waals surface area contributed by atoms with Crippen LogP contribution in [0.1, 0.15) is 55.9 Å². The fraction of sp³-hybridized carbons (Fsp3) is 0.375. The van der Waals surface area contributed by atoms with Gasteiger partial charge in [0.2, 0.25) is 5.78 Å². The van der Waals surface area contributed by atoms with Gasteiger partial charge in [0.25, 0.3) is 0 Å². The molecule has 4 heterocycles. The van der Waals surface area contributed by atoms with Crippen LogP contribution >= 0.6 is 22.9 Å². The number of carbonyl (C=O) groups excluding carboxylic acids is 1. The Labute approximate surface area is 201 Å². The maximum atomic E-state index is 13.5. The Hall–Kier alpha value is -2.39. The number of carbonyl (C=O) groups is 1. The Bertz CT molecular complexity index is 1190. The quantitative estimate of drug-likeness (QED) is 0.415. The number of hydrogen-bond donors (Lipinski definition) is 2. The molecule has 1 radical (unpaired) electrons. The first kappa shape index (κ1) is 22.4. The van der Waals surface area contributed by atoms with Crippen LogP contribution < -0.4 is 5.32 Å². The van der Waals surface area contributed by atoms with E-state index in [9.17, 15) is 9.90 Å². The molecule has 2 aliphatic rings. The summed E-state index contributed by atoms with van der Waals surface area (Å²) in [7, 11) is 0. The second kappa shape index (κ2) is 9.10. The van der Waals surface area contributed by atoms with Crippen LogP contribution in [0.5, 0.6) is 0 Å². The number of nitrogens with zero attached hydrogens (tertiary/aromatic N) is 3. The van der Waals surface area contributed by atoms with Gasteiger partial charge in [0.05, 0.1) is 28.8 Å². The van der Waals surface area contributed by atoms with Crippen molar-refractivity contribution in [3.8, 4) is 0 Å². The molecule has 33 heavy (non-hydrogen) atoms. The SMILES string of the molecule is [CH2][C@@H]1C[C@@H](Nc2ncncc2C(=O)c2cc([C@@H]3OCCc4ccc(Cl)nc43)c(C)s2)C[C@@H]1O. The number of thiophene rings is 1. The zero-order chi connectivity index (χ0) is 23.1. The lowest BCUT2D eigenvalue weighted by molar-refractivity contribution is 0.0663. The van der Waals surface area contributed by atoms with E-state index in [4.69, 9.17) is 16.3 Å². The van der Waals surface area contributed by atoms with Crippen molar-refractivity contribution in [3.63, 3.8) is 0 Å². The fourth-order valence-electron chi connectivity index (χ4n) is 4.55. The smallest absolute Gasteiger partial charge is 0.208 e. The monoisotopic (exact) mass is 483 g/mol. The van der Waals surface area contributed by atoms with Gasteiger partial charge in [-0.3, -0.25) is 4.79 Å². The second-order valence-corrected chi connectivity index (χ2v) is 10.2. The molecule has 3 aromatic rings. The molecule has 3 aromatic heterocycles. The van der Waals surface area contributed by atoms with E-state index < -0.39 is 6.10 Å². The summed E-state index contributed by atoms with van der Waals surface area (Å²) in [5, 5.41) is 13.8. The zero-order valence-corrected chi connectivity index (χ0v) is 19.7. The first-order valence-corrected chi connectivity index (χ1v) is 12.1. The Balaban J connectivity index is 1.43. The molecule has 0 aromatic carbocycles. The highest BCUT2D eigenvalue weighted by molar-refractivity contribution is 7.14. The van der Waals surface area contributed by atoms with Crippen molar-refractivity contribution in [1.82, 2.24) is 15.0 Å². The molecular formula is C24H24ClN4O3S. The molecule has 0 spiro atoms. The van der Waals surface area contributed by atoms with E-state index in [2.05, 4.69) is 27.2 Å². The molecule has 1 fully saturated rings. The van der Waals surface area contributed by atoms with Gasteiger partial charge in [-0.15, -0.1) is 11.3 Å². The summed E-state index contributed by atoms with van der Waals surface area (Å²) < 4.78 is 6.07. The first-order chi connectivity index (χ1) is 15.9. The molecule has 0 amide bonds. The van der Waals surface area contributed by atoms with Gasteiger partial charge >= 0.3 is 0 Å². The molecule has 9 heteroatoms. The predicted molar refractivity (Wildman–Crippen MR) is 127 cm³/mol. The highest BCUT2D eigenvalue weighted by atomic mass is 35.5. The van der Waals surface area contributed by atoms with Crippen LogP contribution in [-0.2, 0) is 11.2 Å². The average molecular weight is 484 g/mol. The van der Waals surface area contributed by atoms with Crippen LogP contribution in [0, 0.1) is 19.8 Å². The number of ketones is 1. The minimum Gasteiger partial charge on any atom is -0.393 e. The third kappa shape index (κ3) is 4.40. The maximum Gasteiger partial charge on any atom is 0.208 e. The average Bonchev–Trinajstić information content (AvgIpc) is 3.34. The maximum absolute atomic E-state index is 13.5. The lowest BCUT2D eigenvalue weighted by atomic mass is 9.98. The zero-order valence-electron chi connectivity index (χ0n) is 18.1. The molecule has 0 bridgehead atoms. The van der Waals surface area contributed by atoms with E-state index in [-0.39, 0.29) is 23.8 Å². The van der Waals surface area contributed by atoms with Crippen LogP contribution in [0.3, 0.4) is 0 Å². The number of aryl methyl sites for hydroxylation is 1. The summed E-state index contributed by atoms with van der Waals surface area (Å²) in [5.41, 5.74) is 3.24. The number of ether oxygens (including phenoxy) is 1. The first-order valence-electron chi connectivity index (χ1n) is 10.9. The number of pyridine rings is 1. The molecule has 5 rings (SSSR count). The van der Waals surface area contributed by atoms with Crippen molar-refractivity contribution < 1.29 is 14.6 Å². The fourth-order valence-corrected chi connectivity index (χ4v) is 5.70. The molecule has 0 saturated heterocycles. The molecule has 1 saturated carbocycles. The predicted octanol–water partition coefficient (Wildman–Crippen LogP) is 4.17. The van der Waals surface area contributed by atoms with E-state index in [1.165, 1.54) is 23.9 Å². The summed E-state index contributed by atoms with van der Waals surface area (Å²) in [5.74, 6) is 0.283. The molecule has 7 nitrogen and oxygen atoms in total. The van der Waals surface area contributed by atoms with Crippen LogP contribution in [0.25, 0.3) is 0 Å². The van der Waals surface area contributed by atoms with Gasteiger partial charge in [-0.05, 0) is 56.7 Å². The number of anilines is 1. The number of aliphatic hydroxyl groups is 1. The molecule has 4 atom stereocenters. The van der Waals surface area contributed by atoms with Crippen molar-refractivity contribution in [1.29, 1.82) is 0 Å². The normalized spacial score (nSPS) is 24.5. The number of aromatic nitrogens is 3. The van der Waals surface area contributed by atoms with Crippen LogP contribution in [-0.4, -0.2) is 44.6 Å². The van der Waals surface area contributed by atoms with Gasteiger partial charge in [-0.2, -0.15) is 0 Å². The van der Waals surface area contributed by atoms with E-state index in [0.29, 0.717) is 34.4 Å². The van der Waals surface area contributed by atoms with E-state index in [1.54, 1.807) is 6.07 Å². The Morgan fingerprint density at radius 3 is 3.00 bits per heavy atom. The van der Waals surface area contributed by atoms with Crippen LogP contribution in [0.4, 0.5) is 5.82 Å². The van der Waals surface area contributed by atoms with Gasteiger partial charge in [-0.25, -0.2) is 15.0 Å². The summed E-state index contributed by atoms with van der Waals surface area (Å²) in [6, 6.07) is 5.67. The van der Waals surface area contributed by atoms with Gasteiger partial charge in [0, 0.05) is 22.7 Å². The largest absolute Gasteiger partial charge is 0.393 e. The van der Waals surface area contributed by atoms with Gasteiger partial charge in [0.15, 0.2) is 0 Å². The highest BCUT2D eigenvalue weighted by Gasteiger charge is 2.32. The second-order valence-electron chi connectivity index (χ2n) is 8.56. The summed E-state index contributed by atoms with van der Waals surface area (Å²) in [6.07, 6.45) is 4.21. The Morgan fingerprint density at radius 2 is 2.21 bits per heavy atom. The van der Waals surface area contributed by atoms with Crippen molar-refractivity contribution in [2.24, 2.45) is 5.92 Å². The third-order valence-electron chi connectivity index (χ3n) is 6.30. The van der Waals surface area contributed by atoms with Crippen molar-refractivity contribution in [2.45, 2.75) is 44.4 Å². The van der Waals surface area contributed by atoms with E-state index in [0.717, 1.165) is 34.5 Å². The van der Waals surface area contributed by atoms with Gasteiger partial charge < -0.3 is 15.2 Å². The molecule has 0 unspecified atom stereocenters.